The highest BCUT2D eigenvalue weighted by molar-refractivity contribution is 5.80. The molecule has 0 saturated heterocycles. The lowest BCUT2D eigenvalue weighted by molar-refractivity contribution is 0.0535. The highest BCUT2D eigenvalue weighted by Crippen LogP contribution is 2.15. The monoisotopic (exact) mass is 289 g/mol. The maximum Gasteiger partial charge on any atom is 0.408 e. The second kappa shape index (κ2) is 7.34. The molecular weight excluding hydrogens is 270 g/mol. The van der Waals surface area contributed by atoms with E-state index in [1.165, 1.54) is 7.11 Å². The van der Waals surface area contributed by atoms with Gasteiger partial charge in [-0.1, -0.05) is 11.8 Å². The number of carbonyl (C=O) groups is 2. The topological polar surface area (TPSA) is 64.6 Å². The van der Waals surface area contributed by atoms with Crippen molar-refractivity contribution in [2.24, 2.45) is 0 Å². The van der Waals surface area contributed by atoms with Gasteiger partial charge in [0.1, 0.15) is 11.4 Å². The van der Waals surface area contributed by atoms with Gasteiger partial charge < -0.3 is 14.8 Å². The normalized spacial score (nSPS) is 10.1. The van der Waals surface area contributed by atoms with Gasteiger partial charge in [-0.25, -0.2) is 4.79 Å². The number of nitrogens with one attached hydrogen (secondary N) is 1. The van der Waals surface area contributed by atoms with Crippen molar-refractivity contribution in [2.45, 2.75) is 26.4 Å². The highest BCUT2D eigenvalue weighted by atomic mass is 16.6. The summed E-state index contributed by atoms with van der Waals surface area (Å²) in [5.41, 5.74) is 0.477. The summed E-state index contributed by atoms with van der Waals surface area (Å²) in [5, 5.41) is 2.52. The maximum atomic E-state index is 11.4. The number of rotatable bonds is 3. The predicted octanol–water partition coefficient (Wildman–Crippen LogP) is 2.38. The van der Waals surface area contributed by atoms with Crippen LogP contribution in [0.25, 0.3) is 0 Å². The second-order valence-corrected chi connectivity index (χ2v) is 5.23. The average Bonchev–Trinajstić information content (AvgIpc) is 2.41. The Balaban J connectivity index is 2.66. The van der Waals surface area contributed by atoms with Crippen LogP contribution in [0.1, 0.15) is 36.7 Å². The standard InChI is InChI=1S/C16H19NO4/c1-16(2,3)21-15(19)17-9-5-6-12-10-14(20-4)8-7-13(12)11-18/h7-8,10-11H,9H2,1-4H3,(H,17,19). The van der Waals surface area contributed by atoms with Crippen molar-refractivity contribution < 1.29 is 19.1 Å². The van der Waals surface area contributed by atoms with Crippen LogP contribution in [0.3, 0.4) is 0 Å². The van der Waals surface area contributed by atoms with Gasteiger partial charge in [-0.05, 0) is 39.0 Å². The Bertz CT molecular complexity index is 576. The first-order chi connectivity index (χ1) is 9.85. The lowest BCUT2D eigenvalue weighted by Crippen LogP contribution is -2.32. The van der Waals surface area contributed by atoms with Crippen molar-refractivity contribution in [2.75, 3.05) is 13.7 Å². The molecule has 0 aliphatic heterocycles. The minimum Gasteiger partial charge on any atom is -0.497 e. The molecule has 0 bridgehead atoms. The first kappa shape index (κ1) is 16.6. The molecule has 112 valence electrons. The molecule has 1 aromatic carbocycles. The summed E-state index contributed by atoms with van der Waals surface area (Å²) in [6.07, 6.45) is 0.197. The lowest BCUT2D eigenvalue weighted by Gasteiger charge is -2.19. The van der Waals surface area contributed by atoms with E-state index in [1.54, 1.807) is 39.0 Å². The van der Waals surface area contributed by atoms with Crippen LogP contribution in [-0.4, -0.2) is 31.6 Å². The third-order valence-corrected chi connectivity index (χ3v) is 2.33. The van der Waals surface area contributed by atoms with E-state index in [9.17, 15) is 9.59 Å². The summed E-state index contributed by atoms with van der Waals surface area (Å²) < 4.78 is 10.2. The summed E-state index contributed by atoms with van der Waals surface area (Å²) in [5.74, 6) is 6.21. The third kappa shape index (κ3) is 6.00. The van der Waals surface area contributed by atoms with E-state index in [0.717, 1.165) is 6.29 Å². The van der Waals surface area contributed by atoms with Gasteiger partial charge in [0.15, 0.2) is 6.29 Å². The summed E-state index contributed by atoms with van der Waals surface area (Å²) in [4.78, 5) is 22.3. The van der Waals surface area contributed by atoms with Crippen molar-refractivity contribution in [1.82, 2.24) is 5.32 Å². The number of hydrogen-bond donors (Lipinski definition) is 1. The number of hydrogen-bond acceptors (Lipinski definition) is 4. The molecule has 0 aliphatic carbocycles. The Morgan fingerprint density at radius 2 is 2.10 bits per heavy atom. The first-order valence-corrected chi connectivity index (χ1v) is 6.44. The Morgan fingerprint density at radius 1 is 1.38 bits per heavy atom. The molecule has 1 N–H and O–H groups in total. The first-order valence-electron chi connectivity index (χ1n) is 6.44. The molecule has 1 amide bonds. The van der Waals surface area contributed by atoms with Gasteiger partial charge in [-0.15, -0.1) is 0 Å². The van der Waals surface area contributed by atoms with Gasteiger partial charge in [-0.2, -0.15) is 0 Å². The highest BCUT2D eigenvalue weighted by Gasteiger charge is 2.15. The number of amides is 1. The Morgan fingerprint density at radius 3 is 2.67 bits per heavy atom. The molecule has 1 rings (SSSR count). The third-order valence-electron chi connectivity index (χ3n) is 2.33. The molecule has 21 heavy (non-hydrogen) atoms. The van der Waals surface area contributed by atoms with Crippen molar-refractivity contribution in [1.29, 1.82) is 0 Å². The summed E-state index contributed by atoms with van der Waals surface area (Å²) in [7, 11) is 1.54. The van der Waals surface area contributed by atoms with Crippen LogP contribution in [-0.2, 0) is 4.74 Å². The number of methoxy groups -OCH3 is 1. The van der Waals surface area contributed by atoms with Crippen molar-refractivity contribution >= 4 is 12.4 Å². The Hall–Kier alpha value is -2.48. The molecule has 1 aromatic rings. The van der Waals surface area contributed by atoms with Crippen LogP contribution in [0.5, 0.6) is 5.75 Å². The molecule has 0 unspecified atom stereocenters. The summed E-state index contributed by atoms with van der Waals surface area (Å²) in [6, 6.07) is 5.00. The molecule has 5 heteroatoms. The zero-order valence-electron chi connectivity index (χ0n) is 12.6. The van der Waals surface area contributed by atoms with Crippen molar-refractivity contribution in [3.63, 3.8) is 0 Å². The fourth-order valence-corrected chi connectivity index (χ4v) is 1.44. The molecule has 0 fully saturated rings. The van der Waals surface area contributed by atoms with E-state index in [2.05, 4.69) is 17.2 Å². The van der Waals surface area contributed by atoms with Crippen molar-refractivity contribution in [3.8, 4) is 17.6 Å². The van der Waals surface area contributed by atoms with Gasteiger partial charge in [0.25, 0.3) is 0 Å². The summed E-state index contributed by atoms with van der Waals surface area (Å²) >= 11 is 0. The molecule has 0 saturated carbocycles. The molecule has 0 atom stereocenters. The fourth-order valence-electron chi connectivity index (χ4n) is 1.44. The van der Waals surface area contributed by atoms with Crippen LogP contribution in [0.2, 0.25) is 0 Å². The Kier molecular flexibility index (Phi) is 5.79. The van der Waals surface area contributed by atoms with Gasteiger partial charge in [0.2, 0.25) is 0 Å². The van der Waals surface area contributed by atoms with Crippen molar-refractivity contribution in [3.05, 3.63) is 29.3 Å². The van der Waals surface area contributed by atoms with E-state index >= 15 is 0 Å². The van der Waals surface area contributed by atoms with Crippen LogP contribution in [0, 0.1) is 11.8 Å². The van der Waals surface area contributed by atoms with E-state index in [0.29, 0.717) is 16.9 Å². The molecule has 0 aromatic heterocycles. The van der Waals surface area contributed by atoms with Gasteiger partial charge in [0, 0.05) is 11.1 Å². The molecule has 0 aliphatic rings. The number of carbonyl (C=O) groups excluding carboxylic acids is 2. The quantitative estimate of drug-likeness (QED) is 0.685. The minimum absolute atomic E-state index is 0.129. The lowest BCUT2D eigenvalue weighted by atomic mass is 10.1. The number of aldehydes is 1. The van der Waals surface area contributed by atoms with Gasteiger partial charge in [-0.3, -0.25) is 4.79 Å². The minimum atomic E-state index is -0.547. The van der Waals surface area contributed by atoms with Crippen LogP contribution in [0.15, 0.2) is 18.2 Å². The average molecular weight is 289 g/mol. The zero-order valence-corrected chi connectivity index (χ0v) is 12.6. The van der Waals surface area contributed by atoms with E-state index < -0.39 is 11.7 Å². The largest absolute Gasteiger partial charge is 0.497 e. The van der Waals surface area contributed by atoms with Crippen LogP contribution in [0.4, 0.5) is 4.79 Å². The van der Waals surface area contributed by atoms with E-state index in [4.69, 9.17) is 9.47 Å². The van der Waals surface area contributed by atoms with Gasteiger partial charge >= 0.3 is 6.09 Å². The van der Waals surface area contributed by atoms with Crippen LogP contribution >= 0.6 is 0 Å². The van der Waals surface area contributed by atoms with Crippen LogP contribution < -0.4 is 10.1 Å². The maximum absolute atomic E-state index is 11.4. The number of ether oxygens (including phenoxy) is 2. The smallest absolute Gasteiger partial charge is 0.408 e. The SMILES string of the molecule is COc1ccc(C=O)c(C#CCNC(=O)OC(C)(C)C)c1. The van der Waals surface area contributed by atoms with E-state index in [1.807, 2.05) is 0 Å². The zero-order chi connectivity index (χ0) is 15.9. The number of benzene rings is 1. The summed E-state index contributed by atoms with van der Waals surface area (Å²) in [6.45, 7) is 5.48. The molecule has 0 spiro atoms. The fraction of sp³-hybridized carbons (Fsp3) is 0.375. The predicted molar refractivity (Wildman–Crippen MR) is 79.5 cm³/mol. The van der Waals surface area contributed by atoms with Gasteiger partial charge in [0.05, 0.1) is 13.7 Å². The Labute approximate surface area is 124 Å². The molecule has 5 nitrogen and oxygen atoms in total. The second-order valence-electron chi connectivity index (χ2n) is 5.23. The molecule has 0 heterocycles. The van der Waals surface area contributed by atoms with E-state index in [-0.39, 0.29) is 6.54 Å². The number of alkyl carbamates (subject to hydrolysis) is 1. The molecular formula is C16H19NO4. The molecule has 0 radical (unpaired) electrons.